The van der Waals surface area contributed by atoms with E-state index in [1.807, 2.05) is 60.7 Å². The van der Waals surface area contributed by atoms with Gasteiger partial charge in [-0.15, -0.1) is 23.5 Å². The normalized spacial score (nSPS) is 10.2. The van der Waals surface area contributed by atoms with Crippen LogP contribution in [-0.2, 0) is 4.79 Å². The van der Waals surface area contributed by atoms with Crippen LogP contribution in [0.1, 0.15) is 0 Å². The van der Waals surface area contributed by atoms with Crippen molar-refractivity contribution in [3.05, 3.63) is 60.7 Å². The number of carbonyl (C=O) groups excluding carboxylic acids is 1. The molecule has 1 nitrogen and oxygen atoms in total. The number of benzene rings is 2. The molecule has 0 saturated carbocycles. The standard InChI is InChI=1S/C15H14OS2/c16-13(11-17-14-7-3-1-4-8-14)12-18-15-9-5-2-6-10-15/h1-10H,11-12H2. The summed E-state index contributed by atoms with van der Waals surface area (Å²) >= 11 is 3.20. The number of hydrogen-bond donors (Lipinski definition) is 0. The van der Waals surface area contributed by atoms with Crippen LogP contribution in [0.5, 0.6) is 0 Å². The van der Waals surface area contributed by atoms with E-state index in [9.17, 15) is 4.79 Å². The molecular formula is C15H14OS2. The molecule has 0 saturated heterocycles. The van der Waals surface area contributed by atoms with Gasteiger partial charge in [-0.25, -0.2) is 0 Å². The number of hydrogen-bond acceptors (Lipinski definition) is 3. The van der Waals surface area contributed by atoms with Gasteiger partial charge in [-0.3, -0.25) is 4.79 Å². The van der Waals surface area contributed by atoms with E-state index in [1.54, 1.807) is 23.5 Å². The molecule has 0 aliphatic rings. The smallest absolute Gasteiger partial charge is 0.153 e. The molecule has 2 aromatic carbocycles. The zero-order valence-electron chi connectivity index (χ0n) is 9.91. The van der Waals surface area contributed by atoms with Crippen LogP contribution < -0.4 is 0 Å². The van der Waals surface area contributed by atoms with Gasteiger partial charge in [0.2, 0.25) is 0 Å². The van der Waals surface area contributed by atoms with Crippen molar-refractivity contribution < 1.29 is 4.79 Å². The Balaban J connectivity index is 1.73. The predicted molar refractivity (Wildman–Crippen MR) is 79.3 cm³/mol. The van der Waals surface area contributed by atoms with E-state index in [0.29, 0.717) is 11.5 Å². The number of Topliss-reactive ketones (excluding diaryl/α,β-unsaturated/α-hetero) is 1. The van der Waals surface area contributed by atoms with Gasteiger partial charge in [0.1, 0.15) is 0 Å². The Hall–Kier alpha value is -1.19. The first-order valence-electron chi connectivity index (χ1n) is 5.72. The van der Waals surface area contributed by atoms with Crippen molar-refractivity contribution in [3.63, 3.8) is 0 Å². The third-order valence-electron chi connectivity index (χ3n) is 2.29. The summed E-state index contributed by atoms with van der Waals surface area (Å²) in [7, 11) is 0. The highest BCUT2D eigenvalue weighted by Gasteiger charge is 2.04. The zero-order chi connectivity index (χ0) is 12.6. The third kappa shape index (κ3) is 4.59. The van der Waals surface area contributed by atoms with Crippen LogP contribution in [0.4, 0.5) is 0 Å². The minimum absolute atomic E-state index is 0.276. The minimum atomic E-state index is 0.276. The maximum Gasteiger partial charge on any atom is 0.153 e. The first-order valence-corrected chi connectivity index (χ1v) is 7.69. The van der Waals surface area contributed by atoms with Crippen LogP contribution in [0, 0.1) is 0 Å². The summed E-state index contributed by atoms with van der Waals surface area (Å²) in [6.07, 6.45) is 0. The van der Waals surface area contributed by atoms with Gasteiger partial charge in [-0.2, -0.15) is 0 Å². The molecule has 0 unspecified atom stereocenters. The lowest BCUT2D eigenvalue weighted by Crippen LogP contribution is -2.04. The molecule has 0 bridgehead atoms. The van der Waals surface area contributed by atoms with E-state index in [4.69, 9.17) is 0 Å². The van der Waals surface area contributed by atoms with Crippen LogP contribution in [0.15, 0.2) is 70.5 Å². The van der Waals surface area contributed by atoms with Crippen LogP contribution in [-0.4, -0.2) is 17.3 Å². The summed E-state index contributed by atoms with van der Waals surface area (Å²) < 4.78 is 0. The second-order valence-corrected chi connectivity index (χ2v) is 5.84. The SMILES string of the molecule is O=C(CSc1ccccc1)CSc1ccccc1. The molecule has 92 valence electrons. The maximum atomic E-state index is 11.7. The zero-order valence-corrected chi connectivity index (χ0v) is 11.5. The average Bonchev–Trinajstić information content (AvgIpc) is 2.45. The molecular weight excluding hydrogens is 260 g/mol. The number of carbonyl (C=O) groups is 1. The molecule has 2 rings (SSSR count). The first-order chi connectivity index (χ1) is 8.84. The molecule has 0 radical (unpaired) electrons. The number of ketones is 1. The second kappa shape index (κ2) is 7.29. The molecule has 0 aliphatic carbocycles. The van der Waals surface area contributed by atoms with E-state index in [1.165, 1.54) is 0 Å². The molecule has 0 amide bonds. The van der Waals surface area contributed by atoms with E-state index < -0.39 is 0 Å². The van der Waals surface area contributed by atoms with Gasteiger partial charge in [-0.05, 0) is 24.3 Å². The van der Waals surface area contributed by atoms with Crippen molar-refractivity contribution in [1.29, 1.82) is 0 Å². The Labute approximate surface area is 116 Å². The monoisotopic (exact) mass is 274 g/mol. The largest absolute Gasteiger partial charge is 0.298 e. The molecule has 0 aliphatic heterocycles. The van der Waals surface area contributed by atoms with Gasteiger partial charge in [0, 0.05) is 9.79 Å². The van der Waals surface area contributed by atoms with Gasteiger partial charge >= 0.3 is 0 Å². The number of rotatable bonds is 6. The maximum absolute atomic E-state index is 11.7. The van der Waals surface area contributed by atoms with Crippen molar-refractivity contribution in [2.45, 2.75) is 9.79 Å². The van der Waals surface area contributed by atoms with Crippen LogP contribution in [0.2, 0.25) is 0 Å². The molecule has 0 atom stereocenters. The molecule has 0 N–H and O–H groups in total. The lowest BCUT2D eigenvalue weighted by atomic mass is 10.4. The molecule has 18 heavy (non-hydrogen) atoms. The summed E-state index contributed by atoms with van der Waals surface area (Å²) in [5, 5.41) is 0. The summed E-state index contributed by atoms with van der Waals surface area (Å²) in [4.78, 5) is 14.0. The van der Waals surface area contributed by atoms with Crippen molar-refractivity contribution in [3.8, 4) is 0 Å². The summed E-state index contributed by atoms with van der Waals surface area (Å²) in [5.41, 5.74) is 0. The molecule has 0 spiro atoms. The summed E-state index contributed by atoms with van der Waals surface area (Å²) in [5.74, 6) is 1.37. The van der Waals surface area contributed by atoms with E-state index in [2.05, 4.69) is 0 Å². The van der Waals surface area contributed by atoms with Gasteiger partial charge in [0.05, 0.1) is 11.5 Å². The summed E-state index contributed by atoms with van der Waals surface area (Å²) in [6.45, 7) is 0. The number of thioether (sulfide) groups is 2. The Kier molecular flexibility index (Phi) is 5.36. The Bertz CT molecular complexity index is 437. The highest BCUT2D eigenvalue weighted by atomic mass is 32.2. The van der Waals surface area contributed by atoms with Gasteiger partial charge in [-0.1, -0.05) is 36.4 Å². The van der Waals surface area contributed by atoms with Crippen molar-refractivity contribution in [2.75, 3.05) is 11.5 Å². The molecule has 0 fully saturated rings. The Morgan fingerprint density at radius 1 is 0.722 bits per heavy atom. The van der Waals surface area contributed by atoms with Crippen LogP contribution in [0.25, 0.3) is 0 Å². The molecule has 0 aromatic heterocycles. The topological polar surface area (TPSA) is 17.1 Å². The average molecular weight is 274 g/mol. The van der Waals surface area contributed by atoms with Gasteiger partial charge in [0.15, 0.2) is 5.78 Å². The van der Waals surface area contributed by atoms with E-state index in [0.717, 1.165) is 9.79 Å². The molecule has 2 aromatic rings. The fraction of sp³-hybridized carbons (Fsp3) is 0.133. The highest BCUT2D eigenvalue weighted by Crippen LogP contribution is 2.20. The third-order valence-corrected chi connectivity index (χ3v) is 4.43. The van der Waals surface area contributed by atoms with Gasteiger partial charge in [0.25, 0.3) is 0 Å². The van der Waals surface area contributed by atoms with Crippen molar-refractivity contribution >= 4 is 29.3 Å². The van der Waals surface area contributed by atoms with E-state index >= 15 is 0 Å². The first kappa shape index (κ1) is 13.2. The Morgan fingerprint density at radius 3 is 1.50 bits per heavy atom. The van der Waals surface area contributed by atoms with Crippen molar-refractivity contribution in [2.24, 2.45) is 0 Å². The fourth-order valence-electron chi connectivity index (χ4n) is 1.40. The fourth-order valence-corrected chi connectivity index (χ4v) is 3.09. The van der Waals surface area contributed by atoms with Crippen LogP contribution >= 0.6 is 23.5 Å². The highest BCUT2D eigenvalue weighted by molar-refractivity contribution is 8.01. The van der Waals surface area contributed by atoms with Crippen molar-refractivity contribution in [1.82, 2.24) is 0 Å². The predicted octanol–water partition coefficient (Wildman–Crippen LogP) is 4.14. The summed E-state index contributed by atoms with van der Waals surface area (Å²) in [6, 6.07) is 20.1. The minimum Gasteiger partial charge on any atom is -0.298 e. The quantitative estimate of drug-likeness (QED) is 0.737. The van der Waals surface area contributed by atoms with Gasteiger partial charge < -0.3 is 0 Å². The van der Waals surface area contributed by atoms with Crippen LogP contribution in [0.3, 0.4) is 0 Å². The van der Waals surface area contributed by atoms with E-state index in [-0.39, 0.29) is 5.78 Å². The second-order valence-electron chi connectivity index (χ2n) is 3.74. The Morgan fingerprint density at radius 2 is 1.11 bits per heavy atom. The lowest BCUT2D eigenvalue weighted by Gasteiger charge is -2.02. The lowest BCUT2D eigenvalue weighted by molar-refractivity contribution is -0.114. The molecule has 0 heterocycles. The molecule has 3 heteroatoms.